The molecule has 16 nitrogen and oxygen atoms in total. The van der Waals surface area contributed by atoms with Crippen LogP contribution in [-0.4, -0.2) is 70.7 Å². The Morgan fingerprint density at radius 1 is 1.28 bits per heavy atom. The second kappa shape index (κ2) is 9.88. The second-order valence-electron chi connectivity index (χ2n) is 6.30. The second-order valence-corrected chi connectivity index (χ2v) is 11.6. The number of nitrogens with two attached hydrogens (primary N) is 1. The quantitative estimate of drug-likeness (QED) is 0.203. The van der Waals surface area contributed by atoms with E-state index in [1.165, 1.54) is 6.26 Å². The summed E-state index contributed by atoms with van der Waals surface area (Å²) in [4.78, 5) is 51.3. The van der Waals surface area contributed by atoms with Crippen LogP contribution in [-0.2, 0) is 31.6 Å². The Balaban J connectivity index is 2.24. The van der Waals surface area contributed by atoms with Crippen molar-refractivity contribution in [2.24, 2.45) is 0 Å². The zero-order valence-electron chi connectivity index (χ0n) is 15.9. The molecule has 7 N–H and O–H groups in total. The molecular weight excluding hydrogens is 526 g/mol. The number of phosphoric acid groups is 3. The summed E-state index contributed by atoms with van der Waals surface area (Å²) in [6.45, 7) is -1.12. The van der Waals surface area contributed by atoms with Gasteiger partial charge in [0.05, 0.1) is 6.61 Å². The van der Waals surface area contributed by atoms with Crippen LogP contribution in [0.5, 0.6) is 0 Å². The lowest BCUT2D eigenvalue weighted by molar-refractivity contribution is -0.112. The Morgan fingerprint density at radius 2 is 1.91 bits per heavy atom. The zero-order chi connectivity index (χ0) is 24.5. The minimum absolute atomic E-state index is 0.164. The van der Waals surface area contributed by atoms with Gasteiger partial charge in [0, 0.05) is 11.9 Å². The fraction of sp³-hybridized carbons (Fsp3) is 0.636. The normalized spacial score (nSPS) is 30.0. The Bertz CT molecular complexity index is 1040. The Labute approximate surface area is 182 Å². The number of halogens is 1. The number of thioether (sulfide) groups is 1. The number of rotatable bonds is 10. The molecule has 184 valence electrons. The van der Waals surface area contributed by atoms with E-state index in [0.29, 0.717) is 4.57 Å². The summed E-state index contributed by atoms with van der Waals surface area (Å²) in [5.41, 5.74) is 2.28. The molecule has 2 rings (SSSR count). The topological polar surface area (TPSA) is 250 Å². The van der Waals surface area contributed by atoms with E-state index >= 15 is 0 Å². The highest BCUT2D eigenvalue weighted by molar-refractivity contribution is 7.98. The molecule has 0 aliphatic carbocycles. The molecule has 1 aromatic rings. The van der Waals surface area contributed by atoms with Crippen molar-refractivity contribution in [3.8, 4) is 0 Å². The van der Waals surface area contributed by atoms with Crippen LogP contribution in [0.2, 0.25) is 0 Å². The number of aliphatic hydroxyl groups excluding tert-OH is 1. The standard InChI is InChI=1S/C11H19FN3O13P3S/c1-32-5-11(4-25-30(21,22)28-31(23,24)27-29(18,19)20)8(16)7(12)9(26-11)15-3-2-6(13)14-10(15)17/h2-3,7-9,16H,4-5H2,1H3,(H,21,22)(H,23,24)(H2,13,14,17)(H2,18,19,20)/t7-,8+,9?,11+/m1/s1. The summed E-state index contributed by atoms with van der Waals surface area (Å²) in [5.74, 6) is -0.430. The van der Waals surface area contributed by atoms with Gasteiger partial charge in [-0.3, -0.25) is 9.09 Å². The van der Waals surface area contributed by atoms with Crippen molar-refractivity contribution in [3.05, 3.63) is 22.7 Å². The van der Waals surface area contributed by atoms with Crippen LogP contribution in [0, 0.1) is 0 Å². The number of hydrogen-bond donors (Lipinski definition) is 6. The average Bonchev–Trinajstić information content (AvgIpc) is 2.83. The maximum Gasteiger partial charge on any atom is 0.490 e. The number of aromatic nitrogens is 2. The molecule has 0 aromatic carbocycles. The van der Waals surface area contributed by atoms with Gasteiger partial charge in [-0.05, 0) is 12.3 Å². The molecule has 1 aromatic heterocycles. The van der Waals surface area contributed by atoms with Crippen molar-refractivity contribution in [2.45, 2.75) is 24.1 Å². The summed E-state index contributed by atoms with van der Waals surface area (Å²) in [5, 5.41) is 10.4. The minimum atomic E-state index is -5.78. The highest BCUT2D eigenvalue weighted by Crippen LogP contribution is 2.66. The summed E-state index contributed by atoms with van der Waals surface area (Å²) in [6.07, 6.45) is -3.49. The highest BCUT2D eigenvalue weighted by Gasteiger charge is 2.57. The summed E-state index contributed by atoms with van der Waals surface area (Å²) >= 11 is 0.980. The first-order valence-electron chi connectivity index (χ1n) is 8.13. The minimum Gasteiger partial charge on any atom is -0.387 e. The van der Waals surface area contributed by atoms with Gasteiger partial charge in [-0.25, -0.2) is 22.9 Å². The van der Waals surface area contributed by atoms with Crippen LogP contribution in [0.4, 0.5) is 10.2 Å². The zero-order valence-corrected chi connectivity index (χ0v) is 19.4. The molecule has 6 atom stereocenters. The summed E-state index contributed by atoms with van der Waals surface area (Å²) in [6, 6.07) is 1.16. The largest absolute Gasteiger partial charge is 0.490 e. The van der Waals surface area contributed by atoms with Gasteiger partial charge in [0.2, 0.25) is 0 Å². The third kappa shape index (κ3) is 6.90. The number of aliphatic hydroxyl groups is 1. The number of ether oxygens (including phenoxy) is 1. The van der Waals surface area contributed by atoms with E-state index in [1.54, 1.807) is 0 Å². The molecule has 1 saturated heterocycles. The van der Waals surface area contributed by atoms with Crippen molar-refractivity contribution in [3.63, 3.8) is 0 Å². The van der Waals surface area contributed by atoms with Gasteiger partial charge in [0.1, 0.15) is 17.5 Å². The summed E-state index contributed by atoms with van der Waals surface area (Å²) in [7, 11) is -17.0. The molecule has 32 heavy (non-hydrogen) atoms. The molecule has 0 amide bonds. The first kappa shape index (κ1) is 27.5. The third-order valence-electron chi connectivity index (χ3n) is 3.87. The van der Waals surface area contributed by atoms with Crippen LogP contribution in [0.3, 0.4) is 0 Å². The van der Waals surface area contributed by atoms with E-state index < -0.39 is 59.9 Å². The van der Waals surface area contributed by atoms with Crippen molar-refractivity contribution in [1.29, 1.82) is 0 Å². The average molecular weight is 545 g/mol. The molecule has 21 heteroatoms. The third-order valence-corrected chi connectivity index (χ3v) is 8.43. The molecule has 2 heterocycles. The number of nitrogens with zero attached hydrogens (tertiary/aromatic N) is 2. The highest BCUT2D eigenvalue weighted by atomic mass is 32.2. The number of nitrogen functional groups attached to an aromatic ring is 1. The van der Waals surface area contributed by atoms with E-state index in [2.05, 4.69) is 18.1 Å². The van der Waals surface area contributed by atoms with Gasteiger partial charge < -0.3 is 35.2 Å². The molecule has 1 aliphatic heterocycles. The lowest BCUT2D eigenvalue weighted by Gasteiger charge is -2.31. The van der Waals surface area contributed by atoms with E-state index in [1.807, 2.05) is 0 Å². The van der Waals surface area contributed by atoms with Gasteiger partial charge >= 0.3 is 29.2 Å². The maximum absolute atomic E-state index is 14.8. The predicted octanol–water partition coefficient (Wildman–Crippen LogP) is -0.502. The fourth-order valence-corrected chi connectivity index (χ4v) is 6.56. The first-order chi connectivity index (χ1) is 14.5. The van der Waals surface area contributed by atoms with E-state index in [4.69, 9.17) is 20.3 Å². The molecule has 0 spiro atoms. The fourth-order valence-electron chi connectivity index (χ4n) is 2.67. The van der Waals surface area contributed by atoms with Crippen LogP contribution < -0.4 is 11.4 Å². The van der Waals surface area contributed by atoms with Crippen molar-refractivity contribution < 1.29 is 60.6 Å². The van der Waals surface area contributed by atoms with Crippen LogP contribution in [0.1, 0.15) is 6.23 Å². The van der Waals surface area contributed by atoms with Crippen LogP contribution in [0.15, 0.2) is 17.1 Å². The Morgan fingerprint density at radius 3 is 2.44 bits per heavy atom. The van der Waals surface area contributed by atoms with Gasteiger partial charge in [-0.2, -0.15) is 25.4 Å². The van der Waals surface area contributed by atoms with Crippen LogP contribution >= 0.6 is 35.2 Å². The van der Waals surface area contributed by atoms with Crippen molar-refractivity contribution >= 4 is 41.0 Å². The van der Waals surface area contributed by atoms with E-state index in [-0.39, 0.29) is 11.6 Å². The maximum atomic E-state index is 14.8. The number of hydrogen-bond acceptors (Lipinski definition) is 12. The SMILES string of the molecule is CSC[C@]1(COP(=O)(O)OP(=O)(O)OP(=O)(O)O)OC(n2ccc(N)nc2=O)[C@H](F)[C@@H]1O. The number of anilines is 1. The molecule has 1 fully saturated rings. The molecule has 3 unspecified atom stereocenters. The number of alkyl halides is 1. The summed E-state index contributed by atoms with van der Waals surface area (Å²) < 4.78 is 66.7. The smallest absolute Gasteiger partial charge is 0.387 e. The molecular formula is C11H19FN3O13P3S. The molecule has 0 bridgehead atoms. The van der Waals surface area contributed by atoms with Gasteiger partial charge in [0.15, 0.2) is 12.4 Å². The number of phosphoric ester groups is 1. The van der Waals surface area contributed by atoms with Gasteiger partial charge in [-0.15, -0.1) is 0 Å². The Kier molecular flexibility index (Phi) is 8.50. The first-order valence-corrected chi connectivity index (χ1v) is 14.0. The monoisotopic (exact) mass is 545 g/mol. The lowest BCUT2D eigenvalue weighted by Crippen LogP contribution is -2.48. The van der Waals surface area contributed by atoms with E-state index in [9.17, 15) is 37.8 Å². The lowest BCUT2D eigenvalue weighted by atomic mass is 9.99. The van der Waals surface area contributed by atoms with Gasteiger partial charge in [0.25, 0.3) is 0 Å². The molecule has 0 saturated carbocycles. The van der Waals surface area contributed by atoms with E-state index in [0.717, 1.165) is 24.0 Å². The van der Waals surface area contributed by atoms with Crippen LogP contribution in [0.25, 0.3) is 0 Å². The molecule has 0 radical (unpaired) electrons. The van der Waals surface area contributed by atoms with Gasteiger partial charge in [-0.1, -0.05) is 0 Å². The predicted molar refractivity (Wildman–Crippen MR) is 105 cm³/mol. The molecule has 1 aliphatic rings. The Hall–Kier alpha value is -0.710. The van der Waals surface area contributed by atoms with Crippen molar-refractivity contribution in [2.75, 3.05) is 24.3 Å². The van der Waals surface area contributed by atoms with Crippen molar-refractivity contribution in [1.82, 2.24) is 9.55 Å².